The number of carbonyl (C=O) groups excluding carboxylic acids is 2. The normalized spacial score (nSPS) is 18.8. The number of nitrogens with zero attached hydrogens (tertiary/aromatic N) is 3. The van der Waals surface area contributed by atoms with E-state index in [-0.39, 0.29) is 40.4 Å². The lowest BCUT2D eigenvalue weighted by Crippen LogP contribution is -2.53. The molecule has 3 aromatic carbocycles. The summed E-state index contributed by atoms with van der Waals surface area (Å²) >= 11 is 6.69. The number of hydrogen-bond acceptors (Lipinski definition) is 8. The standard InChI is InChI=1S/C37H33ClF4N4O7/c1-36(2,3)53-35(49)45-12-8-11-25(45)37(18-9-6-5-7-10-18)15-20-22(52-37)14-21(39)29(38)27(20)28-19(33(47)43-4)13-23-31(30(28)42)51-32-24(50-23)16-44-46(34(32)48)17-26(40)41/h5-7,9-10,13-14,16,25-26H,8,11-12,15,17H2,1-4H3,(H,43,47)/t25-,37-/m0/s1. The predicted octanol–water partition coefficient (Wildman–Crippen LogP) is 7.59. The molecule has 3 aliphatic rings. The maximum Gasteiger partial charge on any atom is 0.410 e. The average Bonchev–Trinajstić information content (AvgIpc) is 3.76. The zero-order valence-corrected chi connectivity index (χ0v) is 29.7. The van der Waals surface area contributed by atoms with Gasteiger partial charge < -0.3 is 29.2 Å². The van der Waals surface area contributed by atoms with Gasteiger partial charge in [0.05, 0.1) is 22.8 Å². The van der Waals surface area contributed by atoms with Crippen molar-refractivity contribution in [3.63, 3.8) is 0 Å². The van der Waals surface area contributed by atoms with Crippen LogP contribution in [-0.2, 0) is 23.3 Å². The molecular formula is C37H33ClF4N4O7. The van der Waals surface area contributed by atoms with Crippen LogP contribution >= 0.6 is 11.6 Å². The van der Waals surface area contributed by atoms with Crippen LogP contribution in [-0.4, -0.2) is 58.3 Å². The van der Waals surface area contributed by atoms with Crippen LogP contribution in [0, 0.1) is 11.6 Å². The van der Waals surface area contributed by atoms with Gasteiger partial charge in [-0.3, -0.25) is 9.59 Å². The Bertz CT molecular complexity index is 2210. The third-order valence-electron chi connectivity index (χ3n) is 9.31. The minimum Gasteiger partial charge on any atom is -0.480 e. The number of halogens is 5. The Morgan fingerprint density at radius 2 is 1.81 bits per heavy atom. The fraction of sp³-hybridized carbons (Fsp3) is 0.351. The number of aromatic nitrogens is 2. The molecule has 53 heavy (non-hydrogen) atoms. The molecule has 0 radical (unpaired) electrons. The monoisotopic (exact) mass is 756 g/mol. The van der Waals surface area contributed by atoms with Crippen molar-refractivity contribution in [2.24, 2.45) is 0 Å². The van der Waals surface area contributed by atoms with Crippen LogP contribution in [0.25, 0.3) is 11.1 Å². The highest BCUT2D eigenvalue weighted by molar-refractivity contribution is 6.34. The van der Waals surface area contributed by atoms with Gasteiger partial charge in [0.25, 0.3) is 12.3 Å². The zero-order valence-electron chi connectivity index (χ0n) is 28.9. The number of carbonyl (C=O) groups is 2. The van der Waals surface area contributed by atoms with Gasteiger partial charge in [-0.25, -0.2) is 27.0 Å². The first kappa shape index (κ1) is 36.1. The molecule has 278 valence electrons. The number of likely N-dealkylation sites (tertiary alicyclic amines) is 1. The summed E-state index contributed by atoms with van der Waals surface area (Å²) in [5, 5.41) is 5.57. The van der Waals surface area contributed by atoms with E-state index in [0.29, 0.717) is 29.6 Å². The van der Waals surface area contributed by atoms with Crippen molar-refractivity contribution < 1.29 is 46.1 Å². The Hall–Kier alpha value is -5.31. The summed E-state index contributed by atoms with van der Waals surface area (Å²) in [4.78, 5) is 41.6. The molecule has 1 aromatic heterocycles. The second-order valence-corrected chi connectivity index (χ2v) is 14.2. The summed E-state index contributed by atoms with van der Waals surface area (Å²) < 4.78 is 83.7. The molecule has 11 nitrogen and oxygen atoms in total. The van der Waals surface area contributed by atoms with Crippen LogP contribution in [0.4, 0.5) is 22.4 Å². The number of hydrogen-bond donors (Lipinski definition) is 1. The van der Waals surface area contributed by atoms with Crippen molar-refractivity contribution in [3.05, 3.63) is 92.4 Å². The number of rotatable bonds is 6. The lowest BCUT2D eigenvalue weighted by Gasteiger charge is -2.40. The van der Waals surface area contributed by atoms with Crippen LogP contribution in [0.5, 0.6) is 28.7 Å². The van der Waals surface area contributed by atoms with E-state index in [1.807, 2.05) is 12.1 Å². The molecule has 1 fully saturated rings. The minimum absolute atomic E-state index is 0.00903. The first-order valence-electron chi connectivity index (χ1n) is 16.7. The molecule has 0 spiro atoms. The van der Waals surface area contributed by atoms with E-state index in [9.17, 15) is 23.2 Å². The third kappa shape index (κ3) is 6.19. The lowest BCUT2D eigenvalue weighted by molar-refractivity contribution is -0.0216. The second-order valence-electron chi connectivity index (χ2n) is 13.8. The quantitative estimate of drug-likeness (QED) is 0.176. The van der Waals surface area contributed by atoms with Gasteiger partial charge in [0.1, 0.15) is 23.7 Å². The Labute approximate surface area is 305 Å². The molecule has 0 unspecified atom stereocenters. The SMILES string of the molecule is CNC(=O)c1cc2c(c(F)c1-c1c(Cl)c(F)cc3c1C[C@](c1ccccc1)([C@@H]1CCCN1C(=O)OC(C)(C)C)O3)Oc1c(cnn(CC(F)F)c1=O)O2. The van der Waals surface area contributed by atoms with Gasteiger partial charge in [0.15, 0.2) is 22.9 Å². The van der Waals surface area contributed by atoms with Crippen molar-refractivity contribution in [1.82, 2.24) is 20.0 Å². The summed E-state index contributed by atoms with van der Waals surface area (Å²) in [5.41, 5.74) is -3.48. The number of nitrogens with one attached hydrogen (secondary N) is 1. The fourth-order valence-electron chi connectivity index (χ4n) is 7.15. The van der Waals surface area contributed by atoms with Gasteiger partial charge in [-0.15, -0.1) is 0 Å². The summed E-state index contributed by atoms with van der Waals surface area (Å²) in [7, 11) is 1.30. The number of alkyl halides is 2. The first-order valence-corrected chi connectivity index (χ1v) is 17.1. The topological polar surface area (TPSA) is 121 Å². The molecule has 0 aliphatic carbocycles. The molecule has 1 N–H and O–H groups in total. The van der Waals surface area contributed by atoms with E-state index < -0.39 is 81.5 Å². The van der Waals surface area contributed by atoms with E-state index in [1.165, 1.54) is 7.05 Å². The van der Waals surface area contributed by atoms with Crippen LogP contribution in [0.3, 0.4) is 0 Å². The molecule has 7 rings (SSSR count). The molecule has 0 saturated carbocycles. The van der Waals surface area contributed by atoms with Gasteiger partial charge in [0, 0.05) is 42.8 Å². The molecule has 2 amide bonds. The Morgan fingerprint density at radius 3 is 2.49 bits per heavy atom. The van der Waals surface area contributed by atoms with Crippen LogP contribution < -0.4 is 25.1 Å². The Balaban J connectivity index is 1.41. The number of ether oxygens (including phenoxy) is 4. The number of benzene rings is 3. The van der Waals surface area contributed by atoms with Gasteiger partial charge in [-0.1, -0.05) is 41.9 Å². The van der Waals surface area contributed by atoms with E-state index in [2.05, 4.69) is 10.4 Å². The fourth-order valence-corrected chi connectivity index (χ4v) is 7.42. The van der Waals surface area contributed by atoms with E-state index in [4.69, 9.17) is 30.5 Å². The summed E-state index contributed by atoms with van der Waals surface area (Å²) in [6.07, 6.45) is -1.52. The van der Waals surface area contributed by atoms with Crippen molar-refractivity contribution in [1.29, 1.82) is 0 Å². The predicted molar refractivity (Wildman–Crippen MR) is 183 cm³/mol. The molecular weight excluding hydrogens is 724 g/mol. The Morgan fingerprint density at radius 1 is 1.08 bits per heavy atom. The highest BCUT2D eigenvalue weighted by Gasteiger charge is 2.54. The van der Waals surface area contributed by atoms with Crippen LogP contribution in [0.2, 0.25) is 5.02 Å². The highest BCUT2D eigenvalue weighted by atomic mass is 35.5. The summed E-state index contributed by atoms with van der Waals surface area (Å²) in [5.74, 6) is -5.03. The van der Waals surface area contributed by atoms with E-state index >= 15 is 8.78 Å². The Kier molecular flexibility index (Phi) is 9.03. The largest absolute Gasteiger partial charge is 0.480 e. The van der Waals surface area contributed by atoms with Crippen molar-refractivity contribution in [2.45, 2.75) is 70.2 Å². The highest BCUT2D eigenvalue weighted by Crippen LogP contribution is 2.55. The van der Waals surface area contributed by atoms with Crippen molar-refractivity contribution in [3.8, 4) is 39.9 Å². The number of fused-ring (bicyclic) bond motifs is 3. The van der Waals surface area contributed by atoms with Gasteiger partial charge in [-0.05, 0) is 45.2 Å². The lowest BCUT2D eigenvalue weighted by atomic mass is 9.79. The van der Waals surface area contributed by atoms with Crippen molar-refractivity contribution >= 4 is 23.6 Å². The van der Waals surface area contributed by atoms with Gasteiger partial charge in [0.2, 0.25) is 11.5 Å². The average molecular weight is 757 g/mol. The van der Waals surface area contributed by atoms with Gasteiger partial charge in [-0.2, -0.15) is 5.10 Å². The second kappa shape index (κ2) is 13.3. The molecule has 2 atom stereocenters. The molecule has 16 heteroatoms. The third-order valence-corrected chi connectivity index (χ3v) is 9.68. The molecule has 4 heterocycles. The van der Waals surface area contributed by atoms with Crippen LogP contribution in [0.15, 0.2) is 53.5 Å². The molecule has 4 aromatic rings. The maximum absolute atomic E-state index is 17.1. The van der Waals surface area contributed by atoms with E-state index in [1.54, 1.807) is 43.9 Å². The summed E-state index contributed by atoms with van der Waals surface area (Å²) in [6, 6.07) is 10.6. The first-order chi connectivity index (χ1) is 25.1. The molecule has 1 saturated heterocycles. The van der Waals surface area contributed by atoms with E-state index in [0.717, 1.165) is 18.3 Å². The van der Waals surface area contributed by atoms with Crippen molar-refractivity contribution in [2.75, 3.05) is 13.6 Å². The number of amides is 2. The maximum atomic E-state index is 17.1. The van der Waals surface area contributed by atoms with Crippen LogP contribution in [0.1, 0.15) is 55.1 Å². The minimum atomic E-state index is -2.93. The zero-order chi connectivity index (χ0) is 38.0. The molecule has 0 bridgehead atoms. The van der Waals surface area contributed by atoms with Gasteiger partial charge >= 0.3 is 11.7 Å². The molecule has 3 aliphatic heterocycles. The summed E-state index contributed by atoms with van der Waals surface area (Å²) in [6.45, 7) is 4.54. The smallest absolute Gasteiger partial charge is 0.410 e.